The zero-order chi connectivity index (χ0) is 11.8. The molecule has 0 aliphatic rings. The third-order valence-corrected chi connectivity index (χ3v) is 2.29. The lowest BCUT2D eigenvalue weighted by Crippen LogP contribution is -2.46. The predicted molar refractivity (Wildman–Crippen MR) is 60.4 cm³/mol. The van der Waals surface area contributed by atoms with Crippen LogP contribution < -0.4 is 11.1 Å². The fourth-order valence-electron chi connectivity index (χ4n) is 1.36. The molecule has 0 saturated heterocycles. The molecule has 3 N–H and O–H groups in total. The summed E-state index contributed by atoms with van der Waals surface area (Å²) in [5.74, 6) is -0.0444. The normalized spacial score (nSPS) is 12.6. The van der Waals surface area contributed by atoms with Gasteiger partial charge in [0.05, 0.1) is 12.6 Å². The highest BCUT2D eigenvalue weighted by Crippen LogP contribution is 2.07. The van der Waals surface area contributed by atoms with Gasteiger partial charge in [-0.1, -0.05) is 27.2 Å². The van der Waals surface area contributed by atoms with Crippen LogP contribution >= 0.6 is 0 Å². The molecular weight excluding hydrogens is 192 g/mol. The van der Waals surface area contributed by atoms with E-state index in [1.165, 1.54) is 0 Å². The zero-order valence-corrected chi connectivity index (χ0v) is 9.88. The maximum atomic E-state index is 11.7. The summed E-state index contributed by atoms with van der Waals surface area (Å²) in [6.45, 7) is 5.82. The molecule has 1 amide bonds. The molecule has 0 radical (unpaired) electrons. The lowest BCUT2D eigenvalue weighted by atomic mass is 9.96. The molecule has 0 rings (SSSR count). The number of hydrogen-bond donors (Lipinski definition) is 2. The van der Waals surface area contributed by atoms with Gasteiger partial charge in [-0.3, -0.25) is 9.59 Å². The molecule has 0 spiro atoms. The first-order chi connectivity index (χ1) is 7.02. The number of rotatable bonds is 7. The van der Waals surface area contributed by atoms with E-state index < -0.39 is 0 Å². The van der Waals surface area contributed by atoms with Crippen molar-refractivity contribution in [3.63, 3.8) is 0 Å². The molecule has 4 nitrogen and oxygen atoms in total. The summed E-state index contributed by atoms with van der Waals surface area (Å²) in [7, 11) is 0. The molecule has 0 fully saturated rings. The zero-order valence-electron chi connectivity index (χ0n) is 9.88. The quantitative estimate of drug-likeness (QED) is 0.659. The second-order valence-electron chi connectivity index (χ2n) is 4.06. The predicted octanol–water partition coefficient (Wildman–Crippen LogP) is 0.845. The molecule has 0 aromatic rings. The molecule has 0 bridgehead atoms. The van der Waals surface area contributed by atoms with E-state index in [-0.39, 0.29) is 30.2 Å². The van der Waals surface area contributed by atoms with Crippen LogP contribution in [0.4, 0.5) is 0 Å². The second kappa shape index (κ2) is 7.40. The van der Waals surface area contributed by atoms with Crippen molar-refractivity contribution in [2.45, 2.75) is 46.1 Å². The van der Waals surface area contributed by atoms with Gasteiger partial charge in [-0.15, -0.1) is 0 Å². The molecule has 15 heavy (non-hydrogen) atoms. The van der Waals surface area contributed by atoms with Gasteiger partial charge >= 0.3 is 0 Å². The Bertz CT molecular complexity index is 215. The van der Waals surface area contributed by atoms with Crippen LogP contribution in [0.15, 0.2) is 0 Å². The fourth-order valence-corrected chi connectivity index (χ4v) is 1.36. The summed E-state index contributed by atoms with van der Waals surface area (Å²) in [5, 5.41) is 2.66. The maximum absolute atomic E-state index is 11.7. The van der Waals surface area contributed by atoms with Gasteiger partial charge in [0, 0.05) is 6.42 Å². The molecule has 1 unspecified atom stereocenters. The first-order valence-electron chi connectivity index (χ1n) is 5.55. The van der Waals surface area contributed by atoms with Gasteiger partial charge in [-0.2, -0.15) is 0 Å². The number of amides is 1. The maximum Gasteiger partial charge on any atom is 0.234 e. The smallest absolute Gasteiger partial charge is 0.234 e. The second-order valence-corrected chi connectivity index (χ2v) is 4.06. The minimum atomic E-state index is -0.382. The molecule has 0 saturated carbocycles. The largest absolute Gasteiger partial charge is 0.345 e. The highest BCUT2D eigenvalue weighted by molar-refractivity contribution is 5.89. The van der Waals surface area contributed by atoms with Gasteiger partial charge in [-0.25, -0.2) is 0 Å². The van der Waals surface area contributed by atoms with Crippen molar-refractivity contribution in [2.24, 2.45) is 11.7 Å². The lowest BCUT2D eigenvalue weighted by molar-refractivity contribution is -0.128. The van der Waals surface area contributed by atoms with Crippen molar-refractivity contribution >= 4 is 11.7 Å². The van der Waals surface area contributed by atoms with Crippen LogP contribution in [0.2, 0.25) is 0 Å². The highest BCUT2D eigenvalue weighted by atomic mass is 16.2. The van der Waals surface area contributed by atoms with Crippen LogP contribution in [0.3, 0.4) is 0 Å². The Balaban J connectivity index is 4.25. The average Bonchev–Trinajstić information content (AvgIpc) is 2.21. The van der Waals surface area contributed by atoms with Crippen molar-refractivity contribution < 1.29 is 9.59 Å². The minimum Gasteiger partial charge on any atom is -0.345 e. The van der Waals surface area contributed by atoms with Gasteiger partial charge in [0.25, 0.3) is 0 Å². The van der Waals surface area contributed by atoms with Gasteiger partial charge in [0.1, 0.15) is 0 Å². The molecule has 0 aromatic carbocycles. The topological polar surface area (TPSA) is 72.2 Å². The van der Waals surface area contributed by atoms with Gasteiger partial charge in [0.15, 0.2) is 5.78 Å². The van der Waals surface area contributed by atoms with Crippen molar-refractivity contribution in [2.75, 3.05) is 6.54 Å². The van der Waals surface area contributed by atoms with Crippen LogP contribution in [-0.4, -0.2) is 24.3 Å². The number of nitrogens with one attached hydrogen (secondary N) is 1. The Morgan fingerprint density at radius 3 is 2.33 bits per heavy atom. The van der Waals surface area contributed by atoms with Crippen molar-refractivity contribution in [3.8, 4) is 0 Å². The first-order valence-corrected chi connectivity index (χ1v) is 5.55. The molecular formula is C11H22N2O2. The summed E-state index contributed by atoms with van der Waals surface area (Å²) < 4.78 is 0. The summed E-state index contributed by atoms with van der Waals surface area (Å²) in [5.41, 5.74) is 5.20. The Kier molecular flexibility index (Phi) is 6.96. The van der Waals surface area contributed by atoms with E-state index in [0.29, 0.717) is 6.42 Å². The van der Waals surface area contributed by atoms with E-state index in [4.69, 9.17) is 5.73 Å². The standard InChI is InChI=1S/C11H22N2O2/c1-4-5-6-9(14)11(8(2)3)13-10(15)7-12/h8,11H,4-7,12H2,1-3H3,(H,13,15). The number of carbonyl (C=O) groups is 2. The summed E-state index contributed by atoms with van der Waals surface area (Å²) in [6, 6.07) is -0.382. The summed E-state index contributed by atoms with van der Waals surface area (Å²) in [4.78, 5) is 22.9. The van der Waals surface area contributed by atoms with Crippen molar-refractivity contribution in [1.82, 2.24) is 5.32 Å². The first kappa shape index (κ1) is 14.1. The Labute approximate surface area is 91.6 Å². The van der Waals surface area contributed by atoms with E-state index in [1.54, 1.807) is 0 Å². The highest BCUT2D eigenvalue weighted by Gasteiger charge is 2.22. The Morgan fingerprint density at radius 2 is 1.93 bits per heavy atom. The van der Waals surface area contributed by atoms with Crippen LogP contribution in [0, 0.1) is 5.92 Å². The van der Waals surface area contributed by atoms with Gasteiger partial charge in [-0.05, 0) is 12.3 Å². The monoisotopic (exact) mass is 214 g/mol. The number of ketones is 1. The summed E-state index contributed by atoms with van der Waals surface area (Å²) in [6.07, 6.45) is 2.39. The van der Waals surface area contributed by atoms with Crippen LogP contribution in [-0.2, 0) is 9.59 Å². The van der Waals surface area contributed by atoms with E-state index in [9.17, 15) is 9.59 Å². The number of carbonyl (C=O) groups excluding carboxylic acids is 2. The van der Waals surface area contributed by atoms with E-state index in [1.807, 2.05) is 20.8 Å². The SMILES string of the molecule is CCCCC(=O)C(NC(=O)CN)C(C)C. The number of nitrogens with two attached hydrogens (primary N) is 1. The molecule has 0 heterocycles. The molecule has 0 aromatic heterocycles. The Hall–Kier alpha value is -0.900. The van der Waals surface area contributed by atoms with Crippen molar-refractivity contribution in [3.05, 3.63) is 0 Å². The minimum absolute atomic E-state index is 0.0652. The third kappa shape index (κ3) is 5.52. The van der Waals surface area contributed by atoms with Crippen LogP contribution in [0.1, 0.15) is 40.0 Å². The van der Waals surface area contributed by atoms with Gasteiger partial charge in [0.2, 0.25) is 5.91 Å². The average molecular weight is 214 g/mol. The van der Waals surface area contributed by atoms with E-state index in [0.717, 1.165) is 12.8 Å². The molecule has 88 valence electrons. The number of unbranched alkanes of at least 4 members (excludes halogenated alkanes) is 1. The van der Waals surface area contributed by atoms with E-state index >= 15 is 0 Å². The number of Topliss-reactive ketones (excluding diaryl/α,β-unsaturated/α-hetero) is 1. The molecule has 4 heteroatoms. The lowest BCUT2D eigenvalue weighted by Gasteiger charge is -2.20. The summed E-state index contributed by atoms with van der Waals surface area (Å²) >= 11 is 0. The molecule has 1 atom stereocenters. The fraction of sp³-hybridized carbons (Fsp3) is 0.818. The van der Waals surface area contributed by atoms with Crippen molar-refractivity contribution in [1.29, 1.82) is 0 Å². The number of hydrogen-bond acceptors (Lipinski definition) is 3. The third-order valence-electron chi connectivity index (χ3n) is 2.29. The van der Waals surface area contributed by atoms with E-state index in [2.05, 4.69) is 5.32 Å². The van der Waals surface area contributed by atoms with Crippen LogP contribution in [0.5, 0.6) is 0 Å². The van der Waals surface area contributed by atoms with Crippen LogP contribution in [0.25, 0.3) is 0 Å². The molecule has 0 aliphatic carbocycles. The Morgan fingerprint density at radius 1 is 1.33 bits per heavy atom. The molecule has 0 aliphatic heterocycles. The van der Waals surface area contributed by atoms with Gasteiger partial charge < -0.3 is 11.1 Å².